The minimum absolute atomic E-state index is 0.0134. The lowest BCUT2D eigenvalue weighted by molar-refractivity contribution is 1.07. The smallest absolute Gasteiger partial charge is 0.278 e. The Hall–Kier alpha value is -2.25. The molecule has 0 saturated carbocycles. The van der Waals surface area contributed by atoms with Crippen LogP contribution in [-0.4, -0.2) is 19.9 Å². The van der Waals surface area contributed by atoms with E-state index in [0.29, 0.717) is 0 Å². The van der Waals surface area contributed by atoms with E-state index in [2.05, 4.69) is 25.1 Å². The standard InChI is InChI=1S/C5H5N7O/c6-4-9-2-1(3(13)11-4)8-5(10-2)12-7/h7H,(H4,6,8,9,10,11,13). The molecule has 5 N–H and O–H groups in total. The van der Waals surface area contributed by atoms with Crippen LogP contribution in [0, 0.1) is 5.53 Å². The number of imidazole rings is 1. The zero-order valence-corrected chi connectivity index (χ0v) is 6.33. The number of hydrogen-bond donors (Lipinski definition) is 4. The molecule has 2 aromatic heterocycles. The molecule has 0 aromatic carbocycles. The summed E-state index contributed by atoms with van der Waals surface area (Å²) in [7, 11) is 0. The van der Waals surface area contributed by atoms with Gasteiger partial charge in [0.25, 0.3) is 5.56 Å². The predicted octanol–water partition coefficient (Wildman–Crippen LogP) is -0.109. The number of nitrogen functional groups attached to an aromatic ring is 1. The zero-order valence-electron chi connectivity index (χ0n) is 6.33. The highest BCUT2D eigenvalue weighted by Crippen LogP contribution is 2.10. The van der Waals surface area contributed by atoms with E-state index in [0.717, 1.165) is 0 Å². The van der Waals surface area contributed by atoms with Crippen molar-refractivity contribution in [3.8, 4) is 0 Å². The molecule has 0 bridgehead atoms. The number of nitrogens with one attached hydrogen (secondary N) is 3. The first-order valence-corrected chi connectivity index (χ1v) is 3.33. The number of aromatic nitrogens is 4. The molecule has 2 rings (SSSR count). The van der Waals surface area contributed by atoms with E-state index in [1.807, 2.05) is 0 Å². The molecule has 0 fully saturated rings. The van der Waals surface area contributed by atoms with Crippen LogP contribution in [0.2, 0.25) is 0 Å². The van der Waals surface area contributed by atoms with E-state index in [4.69, 9.17) is 11.3 Å². The Labute approximate surface area is 70.7 Å². The number of hydrogen-bond acceptors (Lipinski definition) is 6. The quantitative estimate of drug-likeness (QED) is 0.454. The summed E-state index contributed by atoms with van der Waals surface area (Å²) in [5, 5.41) is 3.03. The molecule has 0 spiro atoms. The average molecular weight is 179 g/mol. The Kier molecular flexibility index (Phi) is 1.35. The lowest BCUT2D eigenvalue weighted by Gasteiger charge is -1.88. The predicted molar refractivity (Wildman–Crippen MR) is 43.7 cm³/mol. The van der Waals surface area contributed by atoms with Gasteiger partial charge in [-0.1, -0.05) is 0 Å². The number of rotatable bonds is 1. The SMILES string of the molecule is N=Nc1nc2nc(N)[nH]c(=O)c2[nH]1. The van der Waals surface area contributed by atoms with Crippen LogP contribution < -0.4 is 11.3 Å². The van der Waals surface area contributed by atoms with Gasteiger partial charge in [-0.3, -0.25) is 9.78 Å². The van der Waals surface area contributed by atoms with Gasteiger partial charge in [0.2, 0.25) is 11.9 Å². The molecule has 2 heterocycles. The van der Waals surface area contributed by atoms with E-state index in [1.54, 1.807) is 0 Å². The van der Waals surface area contributed by atoms with Crippen molar-refractivity contribution in [2.75, 3.05) is 5.73 Å². The molecule has 0 aliphatic heterocycles. The lowest BCUT2D eigenvalue weighted by atomic mass is 10.5. The largest absolute Gasteiger partial charge is 0.369 e. The Balaban J connectivity index is 2.90. The van der Waals surface area contributed by atoms with Crippen molar-refractivity contribution in [3.63, 3.8) is 0 Å². The Morgan fingerprint density at radius 3 is 2.85 bits per heavy atom. The number of H-pyrrole nitrogens is 2. The molecule has 0 saturated heterocycles. The van der Waals surface area contributed by atoms with Crippen LogP contribution in [0.4, 0.5) is 11.9 Å². The Bertz CT molecular complexity index is 523. The molecule has 2 aromatic rings. The van der Waals surface area contributed by atoms with Gasteiger partial charge in [0.05, 0.1) is 0 Å². The maximum atomic E-state index is 11.2. The molecule has 0 atom stereocenters. The molecule has 0 aliphatic rings. The van der Waals surface area contributed by atoms with Crippen LogP contribution in [0.25, 0.3) is 11.2 Å². The normalized spacial score (nSPS) is 10.5. The third kappa shape index (κ3) is 1.04. The summed E-state index contributed by atoms with van der Waals surface area (Å²) < 4.78 is 0. The minimum Gasteiger partial charge on any atom is -0.369 e. The van der Waals surface area contributed by atoms with E-state index < -0.39 is 5.56 Å². The summed E-state index contributed by atoms with van der Waals surface area (Å²) >= 11 is 0. The molecule has 0 radical (unpaired) electrons. The second-order valence-electron chi connectivity index (χ2n) is 2.32. The van der Waals surface area contributed by atoms with Gasteiger partial charge in [-0.15, -0.1) is 5.11 Å². The molecule has 0 amide bonds. The minimum atomic E-state index is -0.426. The summed E-state index contributed by atoms with van der Waals surface area (Å²) in [5.74, 6) is 0.0131. The van der Waals surface area contributed by atoms with E-state index >= 15 is 0 Å². The van der Waals surface area contributed by atoms with Gasteiger partial charge >= 0.3 is 0 Å². The van der Waals surface area contributed by atoms with Gasteiger partial charge in [-0.05, 0) is 0 Å². The van der Waals surface area contributed by atoms with Gasteiger partial charge in [0, 0.05) is 0 Å². The molecular weight excluding hydrogens is 174 g/mol. The summed E-state index contributed by atoms with van der Waals surface area (Å²) in [4.78, 5) is 23.5. The number of anilines is 1. The van der Waals surface area contributed by atoms with Crippen LogP contribution in [0.15, 0.2) is 9.91 Å². The number of nitrogens with zero attached hydrogens (tertiary/aromatic N) is 3. The second kappa shape index (κ2) is 2.37. The van der Waals surface area contributed by atoms with Crippen molar-refractivity contribution in [2.24, 2.45) is 5.11 Å². The van der Waals surface area contributed by atoms with Crippen molar-refractivity contribution in [1.82, 2.24) is 19.9 Å². The average Bonchev–Trinajstić information content (AvgIpc) is 2.47. The van der Waals surface area contributed by atoms with Crippen molar-refractivity contribution in [2.45, 2.75) is 0 Å². The first-order valence-electron chi connectivity index (χ1n) is 3.33. The van der Waals surface area contributed by atoms with Crippen molar-refractivity contribution >= 4 is 23.1 Å². The molecule has 66 valence electrons. The van der Waals surface area contributed by atoms with Crippen molar-refractivity contribution in [1.29, 1.82) is 5.53 Å². The van der Waals surface area contributed by atoms with Gasteiger partial charge in [-0.25, -0.2) is 5.53 Å². The fourth-order valence-corrected chi connectivity index (χ4v) is 0.965. The van der Waals surface area contributed by atoms with Crippen LogP contribution in [-0.2, 0) is 0 Å². The van der Waals surface area contributed by atoms with Crippen molar-refractivity contribution in [3.05, 3.63) is 10.4 Å². The number of nitrogens with two attached hydrogens (primary N) is 1. The zero-order chi connectivity index (χ0) is 9.42. The summed E-state index contributed by atoms with van der Waals surface area (Å²) in [6.45, 7) is 0. The highest BCUT2D eigenvalue weighted by atomic mass is 16.1. The van der Waals surface area contributed by atoms with Gasteiger partial charge in [-0.2, -0.15) is 9.97 Å². The summed E-state index contributed by atoms with van der Waals surface area (Å²) in [5.41, 5.74) is 11.8. The van der Waals surface area contributed by atoms with Gasteiger partial charge in [0.1, 0.15) is 0 Å². The van der Waals surface area contributed by atoms with E-state index in [9.17, 15) is 4.79 Å². The first kappa shape index (κ1) is 7.40. The molecular formula is C5H5N7O. The summed E-state index contributed by atoms with van der Waals surface area (Å²) in [6.07, 6.45) is 0. The maximum Gasteiger partial charge on any atom is 0.278 e. The topological polar surface area (TPSA) is 137 Å². The van der Waals surface area contributed by atoms with E-state index in [-0.39, 0.29) is 23.1 Å². The molecule has 0 unspecified atom stereocenters. The fourth-order valence-electron chi connectivity index (χ4n) is 0.965. The molecule has 8 heteroatoms. The van der Waals surface area contributed by atoms with Crippen LogP contribution in [0.5, 0.6) is 0 Å². The highest BCUT2D eigenvalue weighted by Gasteiger charge is 2.07. The van der Waals surface area contributed by atoms with Crippen molar-refractivity contribution < 1.29 is 0 Å². The lowest BCUT2D eigenvalue weighted by Crippen LogP contribution is -2.10. The van der Waals surface area contributed by atoms with Crippen LogP contribution >= 0.6 is 0 Å². The van der Waals surface area contributed by atoms with E-state index in [1.165, 1.54) is 0 Å². The van der Waals surface area contributed by atoms with Crippen LogP contribution in [0.1, 0.15) is 0 Å². The van der Waals surface area contributed by atoms with Gasteiger partial charge < -0.3 is 10.7 Å². The number of aromatic amines is 2. The molecule has 0 aliphatic carbocycles. The molecule has 13 heavy (non-hydrogen) atoms. The summed E-state index contributed by atoms with van der Waals surface area (Å²) in [6, 6.07) is 0. The Morgan fingerprint density at radius 1 is 1.38 bits per heavy atom. The van der Waals surface area contributed by atoms with Crippen LogP contribution in [0.3, 0.4) is 0 Å². The number of fused-ring (bicyclic) bond motifs is 1. The highest BCUT2D eigenvalue weighted by molar-refractivity contribution is 5.72. The monoisotopic (exact) mass is 179 g/mol. The first-order chi connectivity index (χ1) is 6.20. The Morgan fingerprint density at radius 2 is 2.15 bits per heavy atom. The van der Waals surface area contributed by atoms with Gasteiger partial charge in [0.15, 0.2) is 11.2 Å². The third-order valence-electron chi connectivity index (χ3n) is 1.47. The maximum absolute atomic E-state index is 11.2. The fraction of sp³-hybridized carbons (Fsp3) is 0. The molecule has 8 nitrogen and oxygen atoms in total. The third-order valence-corrected chi connectivity index (χ3v) is 1.47. The second-order valence-corrected chi connectivity index (χ2v) is 2.32.